The van der Waals surface area contributed by atoms with E-state index in [1.807, 2.05) is 43.3 Å². The van der Waals surface area contributed by atoms with Crippen molar-refractivity contribution >= 4 is 22.6 Å². The van der Waals surface area contributed by atoms with Crippen LogP contribution in [0.5, 0.6) is 0 Å². The van der Waals surface area contributed by atoms with Crippen LogP contribution in [0, 0.1) is 6.92 Å². The smallest absolute Gasteiger partial charge is 0.251 e. The molecule has 1 N–H and O–H groups in total. The van der Waals surface area contributed by atoms with Crippen LogP contribution < -0.4 is 10.2 Å². The minimum atomic E-state index is -0.204. The van der Waals surface area contributed by atoms with E-state index in [0.717, 1.165) is 35.6 Å². The molecule has 0 unspecified atom stereocenters. The topological polar surface area (TPSA) is 93.4 Å². The van der Waals surface area contributed by atoms with Gasteiger partial charge in [0.1, 0.15) is 17.2 Å². The van der Waals surface area contributed by atoms with Gasteiger partial charge in [0.25, 0.3) is 5.91 Å². The van der Waals surface area contributed by atoms with Crippen LogP contribution in [-0.4, -0.2) is 47.3 Å². The lowest BCUT2D eigenvalue weighted by atomic mass is 10.1. The lowest BCUT2D eigenvalue weighted by Gasteiger charge is -2.28. The molecule has 0 bridgehead atoms. The van der Waals surface area contributed by atoms with E-state index >= 15 is 0 Å². The molecule has 0 radical (unpaired) electrons. The predicted octanol–water partition coefficient (Wildman–Crippen LogP) is 3.36. The van der Waals surface area contributed by atoms with Gasteiger partial charge in [-0.15, -0.1) is 0 Å². The van der Waals surface area contributed by atoms with Crippen LogP contribution in [0.25, 0.3) is 22.2 Å². The molecule has 8 nitrogen and oxygen atoms in total. The molecule has 3 heterocycles. The van der Waals surface area contributed by atoms with E-state index in [1.54, 1.807) is 18.2 Å². The molecular formula is C24H23N5O3. The molecule has 5 rings (SSSR count). The molecule has 1 amide bonds. The highest BCUT2D eigenvalue weighted by Crippen LogP contribution is 2.29. The van der Waals surface area contributed by atoms with E-state index in [-0.39, 0.29) is 12.5 Å². The zero-order chi connectivity index (χ0) is 21.9. The van der Waals surface area contributed by atoms with Gasteiger partial charge in [0.15, 0.2) is 5.76 Å². The van der Waals surface area contributed by atoms with Gasteiger partial charge in [-0.3, -0.25) is 4.79 Å². The van der Waals surface area contributed by atoms with Crippen LogP contribution in [0.3, 0.4) is 0 Å². The Kier molecular flexibility index (Phi) is 5.51. The van der Waals surface area contributed by atoms with Crippen molar-refractivity contribution in [2.24, 2.45) is 0 Å². The van der Waals surface area contributed by atoms with Crippen LogP contribution in [-0.2, 0) is 11.3 Å². The number of morpholine rings is 1. The van der Waals surface area contributed by atoms with Crippen molar-refractivity contribution in [1.29, 1.82) is 0 Å². The van der Waals surface area contributed by atoms with Crippen LogP contribution in [0.4, 0.5) is 5.82 Å². The fourth-order valence-corrected chi connectivity index (χ4v) is 3.79. The first-order valence-corrected chi connectivity index (χ1v) is 10.6. The van der Waals surface area contributed by atoms with E-state index < -0.39 is 0 Å². The fourth-order valence-electron chi connectivity index (χ4n) is 3.79. The van der Waals surface area contributed by atoms with Crippen LogP contribution in [0.1, 0.15) is 21.9 Å². The largest absolute Gasteiger partial charge is 0.378 e. The van der Waals surface area contributed by atoms with Gasteiger partial charge in [0.2, 0.25) is 0 Å². The molecule has 1 fully saturated rings. The maximum absolute atomic E-state index is 12.9. The summed E-state index contributed by atoms with van der Waals surface area (Å²) in [5, 5.41) is 7.84. The Morgan fingerprint density at radius 1 is 1.06 bits per heavy atom. The molecule has 2 aromatic heterocycles. The van der Waals surface area contributed by atoms with Gasteiger partial charge < -0.3 is 19.5 Å². The average Bonchev–Trinajstić information content (AvgIpc) is 3.26. The first-order valence-electron chi connectivity index (χ1n) is 10.6. The van der Waals surface area contributed by atoms with E-state index in [9.17, 15) is 4.79 Å². The SMILES string of the molecule is Cc1cc(N2CCOCC2)nc(CNC(=O)c2ccc3noc(-c4ccccc4)c3c2)n1. The maximum Gasteiger partial charge on any atom is 0.251 e. The van der Waals surface area contributed by atoms with Gasteiger partial charge in [-0.2, -0.15) is 0 Å². The summed E-state index contributed by atoms with van der Waals surface area (Å²) in [6.07, 6.45) is 0. The highest BCUT2D eigenvalue weighted by atomic mass is 16.5. The van der Waals surface area contributed by atoms with Gasteiger partial charge in [0.05, 0.1) is 25.1 Å². The molecule has 0 saturated carbocycles. The summed E-state index contributed by atoms with van der Waals surface area (Å²) in [6.45, 7) is 5.14. The van der Waals surface area contributed by atoms with E-state index in [0.29, 0.717) is 35.9 Å². The maximum atomic E-state index is 12.9. The molecular weight excluding hydrogens is 406 g/mol. The third kappa shape index (κ3) is 4.17. The summed E-state index contributed by atoms with van der Waals surface area (Å²) in [4.78, 5) is 24.2. The number of nitrogens with zero attached hydrogens (tertiary/aromatic N) is 4. The van der Waals surface area contributed by atoms with Gasteiger partial charge >= 0.3 is 0 Å². The second-order valence-electron chi connectivity index (χ2n) is 7.68. The van der Waals surface area contributed by atoms with Gasteiger partial charge in [0, 0.05) is 36.0 Å². The predicted molar refractivity (Wildman–Crippen MR) is 120 cm³/mol. The van der Waals surface area contributed by atoms with Crippen molar-refractivity contribution in [2.45, 2.75) is 13.5 Å². The summed E-state index contributed by atoms with van der Waals surface area (Å²) in [7, 11) is 0. The standard InChI is InChI=1S/C24H23N5O3/c1-16-13-22(29-9-11-31-12-10-29)27-21(26-16)15-25-24(30)18-7-8-20-19(14-18)23(32-28-20)17-5-3-2-4-6-17/h2-8,13-14H,9-12,15H2,1H3,(H,25,30). The normalized spacial score (nSPS) is 14.0. The first-order chi connectivity index (χ1) is 15.7. The quantitative estimate of drug-likeness (QED) is 0.520. The lowest BCUT2D eigenvalue weighted by Crippen LogP contribution is -2.37. The van der Waals surface area contributed by atoms with Crippen LogP contribution in [0.15, 0.2) is 59.1 Å². The first kappa shape index (κ1) is 20.1. The lowest BCUT2D eigenvalue weighted by molar-refractivity contribution is 0.0950. The number of fused-ring (bicyclic) bond motifs is 1. The highest BCUT2D eigenvalue weighted by Gasteiger charge is 2.16. The molecule has 162 valence electrons. The molecule has 0 atom stereocenters. The molecule has 1 aliphatic rings. The van der Waals surface area contributed by atoms with E-state index in [4.69, 9.17) is 9.26 Å². The summed E-state index contributed by atoms with van der Waals surface area (Å²) in [5.74, 6) is 1.89. The molecule has 1 saturated heterocycles. The highest BCUT2D eigenvalue weighted by molar-refractivity contribution is 6.00. The molecule has 1 aliphatic heterocycles. The number of aryl methyl sites for hydroxylation is 1. The average molecular weight is 429 g/mol. The fraction of sp³-hybridized carbons (Fsp3) is 0.250. The minimum Gasteiger partial charge on any atom is -0.378 e. The Balaban J connectivity index is 1.34. The van der Waals surface area contributed by atoms with E-state index in [2.05, 4.69) is 25.3 Å². The number of amides is 1. The van der Waals surface area contributed by atoms with Gasteiger partial charge in [-0.25, -0.2) is 9.97 Å². The number of carbonyl (C=O) groups excluding carboxylic acids is 1. The Bertz CT molecular complexity index is 1250. The molecule has 2 aromatic carbocycles. The van der Waals surface area contributed by atoms with Crippen molar-refractivity contribution in [3.63, 3.8) is 0 Å². The summed E-state index contributed by atoms with van der Waals surface area (Å²) >= 11 is 0. The molecule has 32 heavy (non-hydrogen) atoms. The third-order valence-corrected chi connectivity index (χ3v) is 5.40. The number of carbonyl (C=O) groups is 1. The second kappa shape index (κ2) is 8.76. The number of hydrogen-bond acceptors (Lipinski definition) is 7. The Morgan fingerprint density at radius 2 is 1.88 bits per heavy atom. The second-order valence-corrected chi connectivity index (χ2v) is 7.68. The number of nitrogens with one attached hydrogen (secondary N) is 1. The number of ether oxygens (including phenoxy) is 1. The van der Waals surface area contributed by atoms with Gasteiger partial charge in [-0.05, 0) is 25.1 Å². The summed E-state index contributed by atoms with van der Waals surface area (Å²) in [5.41, 5.74) is 3.01. The zero-order valence-corrected chi connectivity index (χ0v) is 17.7. The van der Waals surface area contributed by atoms with Crippen LogP contribution in [0.2, 0.25) is 0 Å². The summed E-state index contributed by atoms with van der Waals surface area (Å²) < 4.78 is 11.0. The molecule has 0 aliphatic carbocycles. The number of benzene rings is 2. The monoisotopic (exact) mass is 429 g/mol. The van der Waals surface area contributed by atoms with Crippen molar-refractivity contribution < 1.29 is 14.1 Å². The van der Waals surface area contributed by atoms with Crippen molar-refractivity contribution in [3.8, 4) is 11.3 Å². The number of anilines is 1. The van der Waals surface area contributed by atoms with E-state index in [1.165, 1.54) is 0 Å². The summed E-state index contributed by atoms with van der Waals surface area (Å²) in [6, 6.07) is 17.0. The van der Waals surface area contributed by atoms with Crippen LogP contribution >= 0.6 is 0 Å². The number of rotatable bonds is 5. The van der Waals surface area contributed by atoms with Crippen molar-refractivity contribution in [1.82, 2.24) is 20.4 Å². The number of aromatic nitrogens is 3. The molecule has 4 aromatic rings. The van der Waals surface area contributed by atoms with Crippen molar-refractivity contribution in [3.05, 3.63) is 71.7 Å². The number of hydrogen-bond donors (Lipinski definition) is 1. The Morgan fingerprint density at radius 3 is 2.69 bits per heavy atom. The third-order valence-electron chi connectivity index (χ3n) is 5.40. The molecule has 8 heteroatoms. The van der Waals surface area contributed by atoms with Gasteiger partial charge in [-0.1, -0.05) is 35.5 Å². The Hall–Kier alpha value is -3.78. The minimum absolute atomic E-state index is 0.204. The molecule has 0 spiro atoms. The Labute approximate surface area is 185 Å². The van der Waals surface area contributed by atoms with Crippen molar-refractivity contribution in [2.75, 3.05) is 31.2 Å². The zero-order valence-electron chi connectivity index (χ0n) is 17.7.